The number of halogens is 1. The van der Waals surface area contributed by atoms with Gasteiger partial charge in [-0.3, -0.25) is 4.72 Å². The molecule has 2 aromatic rings. The van der Waals surface area contributed by atoms with E-state index in [0.717, 1.165) is 17.8 Å². The fraction of sp³-hybridized carbons (Fsp3) is 0.308. The Labute approximate surface area is 137 Å². The van der Waals surface area contributed by atoms with E-state index < -0.39 is 10.0 Å². The van der Waals surface area contributed by atoms with E-state index in [-0.39, 0.29) is 4.90 Å². The van der Waals surface area contributed by atoms with Crippen molar-refractivity contribution in [1.82, 2.24) is 10.3 Å². The number of hydrogen-bond donors (Lipinski definition) is 2. The van der Waals surface area contributed by atoms with Gasteiger partial charge in [-0.1, -0.05) is 13.0 Å². The molecule has 0 fully saturated rings. The van der Waals surface area contributed by atoms with Crippen LogP contribution >= 0.6 is 27.3 Å². The highest BCUT2D eigenvalue weighted by Crippen LogP contribution is 2.32. The van der Waals surface area contributed by atoms with Gasteiger partial charge < -0.3 is 5.32 Å². The lowest BCUT2D eigenvalue weighted by Crippen LogP contribution is -2.14. The first kappa shape index (κ1) is 16.4. The Morgan fingerprint density at radius 2 is 2.19 bits per heavy atom. The van der Waals surface area contributed by atoms with Crippen LogP contribution in [0.1, 0.15) is 18.2 Å². The third kappa shape index (κ3) is 4.50. The minimum atomic E-state index is -3.63. The summed E-state index contributed by atoms with van der Waals surface area (Å²) in [4.78, 5) is 5.18. The molecule has 0 aliphatic rings. The van der Waals surface area contributed by atoms with Crippen molar-refractivity contribution in [3.8, 4) is 0 Å². The molecule has 2 aromatic heterocycles. The third-order valence-electron chi connectivity index (χ3n) is 2.63. The van der Waals surface area contributed by atoms with E-state index in [2.05, 4.69) is 37.9 Å². The van der Waals surface area contributed by atoms with Gasteiger partial charge in [-0.15, -0.1) is 11.3 Å². The van der Waals surface area contributed by atoms with Gasteiger partial charge in [0, 0.05) is 17.6 Å². The maximum absolute atomic E-state index is 12.4. The molecule has 0 radical (unpaired) electrons. The molecule has 0 aliphatic heterocycles. The molecule has 0 atom stereocenters. The Morgan fingerprint density at radius 1 is 1.38 bits per heavy atom. The van der Waals surface area contributed by atoms with Crippen molar-refractivity contribution in [2.45, 2.75) is 24.8 Å². The van der Waals surface area contributed by atoms with Crippen molar-refractivity contribution in [3.05, 3.63) is 39.1 Å². The van der Waals surface area contributed by atoms with E-state index in [1.807, 2.05) is 0 Å². The van der Waals surface area contributed by atoms with Crippen LogP contribution in [0.4, 0.5) is 5.82 Å². The lowest BCUT2D eigenvalue weighted by Gasteiger charge is -2.05. The van der Waals surface area contributed by atoms with Crippen molar-refractivity contribution in [3.63, 3.8) is 0 Å². The van der Waals surface area contributed by atoms with Crippen molar-refractivity contribution in [2.24, 2.45) is 0 Å². The van der Waals surface area contributed by atoms with Gasteiger partial charge in [0.05, 0.1) is 3.79 Å². The van der Waals surface area contributed by atoms with E-state index in [0.29, 0.717) is 16.1 Å². The highest BCUT2D eigenvalue weighted by Gasteiger charge is 2.21. The molecular formula is C13H16BrN3O2S2. The second-order valence-corrected chi connectivity index (χ2v) is 8.45. The highest BCUT2D eigenvalue weighted by molar-refractivity contribution is 9.11. The average molecular weight is 390 g/mol. The van der Waals surface area contributed by atoms with Crippen LogP contribution in [0.3, 0.4) is 0 Å². The van der Waals surface area contributed by atoms with Crippen LogP contribution in [0, 0.1) is 0 Å². The highest BCUT2D eigenvalue weighted by atomic mass is 79.9. The van der Waals surface area contributed by atoms with E-state index in [9.17, 15) is 8.42 Å². The second kappa shape index (κ2) is 7.35. The molecule has 5 nitrogen and oxygen atoms in total. The molecule has 21 heavy (non-hydrogen) atoms. The monoisotopic (exact) mass is 389 g/mol. The van der Waals surface area contributed by atoms with Crippen LogP contribution in [0.25, 0.3) is 0 Å². The molecule has 0 spiro atoms. The summed E-state index contributed by atoms with van der Waals surface area (Å²) in [5, 5.41) is 3.26. The number of sulfonamides is 1. The molecule has 2 N–H and O–H groups in total. The molecule has 114 valence electrons. The molecule has 2 rings (SSSR count). The first-order chi connectivity index (χ1) is 10.0. The van der Waals surface area contributed by atoms with Crippen LogP contribution in [0.2, 0.25) is 0 Å². The average Bonchev–Trinajstić information content (AvgIpc) is 2.82. The number of rotatable bonds is 7. The quantitative estimate of drug-likeness (QED) is 0.713. The molecule has 0 aromatic carbocycles. The van der Waals surface area contributed by atoms with Gasteiger partial charge in [0.15, 0.2) is 0 Å². The maximum atomic E-state index is 12.4. The van der Waals surface area contributed by atoms with Crippen molar-refractivity contribution in [2.75, 3.05) is 11.3 Å². The van der Waals surface area contributed by atoms with Crippen LogP contribution in [0.15, 0.2) is 39.1 Å². The standard InChI is InChI=1S/C13H16BrN3O2S2/c1-2-6-15-9-10-8-11(13(14)20-10)21(18,19)17-12-5-3-4-7-16-12/h3-5,7-8,15H,2,6,9H2,1H3,(H,16,17). The number of anilines is 1. The van der Waals surface area contributed by atoms with Gasteiger partial charge in [0.1, 0.15) is 10.7 Å². The second-order valence-electron chi connectivity index (χ2n) is 4.35. The van der Waals surface area contributed by atoms with E-state index in [1.54, 1.807) is 30.5 Å². The predicted octanol–water partition coefficient (Wildman–Crippen LogP) is 3.21. The zero-order valence-corrected chi connectivity index (χ0v) is 14.7. The Hall–Kier alpha value is -0.960. The SMILES string of the molecule is CCCNCc1cc(S(=O)(=O)Nc2ccccn2)c(Br)s1. The van der Waals surface area contributed by atoms with E-state index in [4.69, 9.17) is 0 Å². The summed E-state index contributed by atoms with van der Waals surface area (Å²) in [5.41, 5.74) is 0. The van der Waals surface area contributed by atoms with Gasteiger partial charge in [0.25, 0.3) is 10.0 Å². The van der Waals surface area contributed by atoms with E-state index in [1.165, 1.54) is 11.3 Å². The summed E-state index contributed by atoms with van der Waals surface area (Å²) in [7, 11) is -3.63. The number of pyridine rings is 1. The van der Waals surface area contributed by atoms with Crippen LogP contribution in [0.5, 0.6) is 0 Å². The van der Waals surface area contributed by atoms with Gasteiger partial charge in [0.2, 0.25) is 0 Å². The van der Waals surface area contributed by atoms with Gasteiger partial charge in [-0.05, 0) is 47.1 Å². The fourth-order valence-corrected chi connectivity index (χ4v) is 5.33. The summed E-state index contributed by atoms with van der Waals surface area (Å²) in [6, 6.07) is 6.76. The minimum Gasteiger partial charge on any atom is -0.312 e. The zero-order valence-electron chi connectivity index (χ0n) is 11.5. The predicted molar refractivity (Wildman–Crippen MR) is 89.1 cm³/mol. The Morgan fingerprint density at radius 3 is 2.86 bits per heavy atom. The molecule has 0 unspecified atom stereocenters. The van der Waals surface area contributed by atoms with Gasteiger partial charge in [-0.2, -0.15) is 0 Å². The molecule has 0 saturated carbocycles. The van der Waals surface area contributed by atoms with Gasteiger partial charge >= 0.3 is 0 Å². The summed E-state index contributed by atoms with van der Waals surface area (Å²) in [5.74, 6) is 0.307. The Balaban J connectivity index is 2.16. The number of thiophene rings is 1. The van der Waals surface area contributed by atoms with E-state index >= 15 is 0 Å². The lowest BCUT2D eigenvalue weighted by atomic mass is 10.4. The fourth-order valence-electron chi connectivity index (χ4n) is 1.67. The van der Waals surface area contributed by atoms with Crippen molar-refractivity contribution in [1.29, 1.82) is 0 Å². The van der Waals surface area contributed by atoms with Crippen LogP contribution < -0.4 is 10.0 Å². The number of aromatic nitrogens is 1. The Bertz CT molecular complexity index is 687. The number of hydrogen-bond acceptors (Lipinski definition) is 5. The zero-order chi connectivity index (χ0) is 15.3. The normalized spacial score (nSPS) is 11.5. The molecule has 0 saturated heterocycles. The van der Waals surface area contributed by atoms with Crippen LogP contribution in [-0.2, 0) is 16.6 Å². The first-order valence-electron chi connectivity index (χ1n) is 6.45. The molecule has 0 aliphatic carbocycles. The summed E-state index contributed by atoms with van der Waals surface area (Å²) < 4.78 is 27.8. The molecule has 8 heteroatoms. The maximum Gasteiger partial charge on any atom is 0.265 e. The van der Waals surface area contributed by atoms with Crippen molar-refractivity contribution < 1.29 is 8.42 Å². The smallest absolute Gasteiger partial charge is 0.265 e. The molecule has 0 bridgehead atoms. The van der Waals surface area contributed by atoms with Crippen LogP contribution in [-0.4, -0.2) is 19.9 Å². The molecule has 2 heterocycles. The topological polar surface area (TPSA) is 71.1 Å². The molecule has 0 amide bonds. The largest absolute Gasteiger partial charge is 0.312 e. The summed E-state index contributed by atoms with van der Waals surface area (Å²) in [6.07, 6.45) is 2.58. The van der Waals surface area contributed by atoms with Gasteiger partial charge in [-0.25, -0.2) is 13.4 Å². The molecular weight excluding hydrogens is 374 g/mol. The number of nitrogens with zero attached hydrogens (tertiary/aromatic N) is 1. The summed E-state index contributed by atoms with van der Waals surface area (Å²) in [6.45, 7) is 3.66. The Kier molecular flexibility index (Phi) is 5.74. The third-order valence-corrected chi connectivity index (χ3v) is 6.23. The minimum absolute atomic E-state index is 0.242. The van der Waals surface area contributed by atoms with Crippen molar-refractivity contribution >= 4 is 43.1 Å². The first-order valence-corrected chi connectivity index (χ1v) is 9.55. The summed E-state index contributed by atoms with van der Waals surface area (Å²) >= 11 is 4.74. The lowest BCUT2D eigenvalue weighted by molar-refractivity contribution is 0.601. The number of nitrogens with one attached hydrogen (secondary N) is 2.